The second-order valence-electron chi connectivity index (χ2n) is 10.1. The zero-order valence-electron chi connectivity index (χ0n) is 21.1. The van der Waals surface area contributed by atoms with Crippen molar-refractivity contribution in [3.8, 4) is 5.75 Å². The van der Waals surface area contributed by atoms with Gasteiger partial charge in [0.05, 0.1) is 11.6 Å². The molecule has 3 rings (SSSR count). The Labute approximate surface area is 219 Å². The van der Waals surface area contributed by atoms with Crippen molar-refractivity contribution in [2.45, 2.75) is 77.5 Å². The first-order valence-electron chi connectivity index (χ1n) is 12.4. The topological polar surface area (TPSA) is 67.8 Å². The maximum atomic E-state index is 11.6. The smallest absolute Gasteiger partial charge is 0.306 e. The molecule has 35 heavy (non-hydrogen) atoms. The minimum atomic E-state index is -0.728. The van der Waals surface area contributed by atoms with Crippen LogP contribution < -0.4 is 10.1 Å². The second kappa shape index (κ2) is 12.4. The summed E-state index contributed by atoms with van der Waals surface area (Å²) >= 11 is 12.9. The zero-order valence-corrected chi connectivity index (χ0v) is 22.6. The van der Waals surface area contributed by atoms with Crippen molar-refractivity contribution in [2.24, 2.45) is 5.92 Å². The molecule has 0 radical (unpaired) electrons. The Morgan fingerprint density at radius 1 is 1.14 bits per heavy atom. The summed E-state index contributed by atoms with van der Waals surface area (Å²) in [5.74, 6) is 0.736. The molecule has 0 saturated carbocycles. The number of ether oxygens (including phenoxy) is 2. The van der Waals surface area contributed by atoms with Crippen LogP contribution in [0.2, 0.25) is 10.0 Å². The van der Waals surface area contributed by atoms with Crippen LogP contribution in [-0.4, -0.2) is 42.0 Å². The number of hydrogen-bond donors (Lipinski definition) is 2. The summed E-state index contributed by atoms with van der Waals surface area (Å²) in [4.78, 5) is 11.6. The zero-order chi connectivity index (χ0) is 25.6. The lowest BCUT2D eigenvalue weighted by Gasteiger charge is -2.32. The lowest BCUT2D eigenvalue weighted by atomic mass is 9.88. The Morgan fingerprint density at radius 2 is 1.80 bits per heavy atom. The van der Waals surface area contributed by atoms with Gasteiger partial charge in [0.1, 0.15) is 23.0 Å². The van der Waals surface area contributed by atoms with Crippen LogP contribution in [0.4, 0.5) is 0 Å². The van der Waals surface area contributed by atoms with Gasteiger partial charge in [-0.2, -0.15) is 0 Å². The number of hydrogen-bond acceptors (Lipinski definition) is 5. The summed E-state index contributed by atoms with van der Waals surface area (Å²) in [5, 5.41) is 14.9. The molecule has 7 heteroatoms. The molecule has 0 aromatic heterocycles. The molecular weight excluding hydrogens is 485 g/mol. The molecule has 1 aliphatic carbocycles. The molecule has 2 atom stereocenters. The third kappa shape index (κ3) is 7.85. The number of halogens is 2. The molecule has 0 spiro atoms. The highest BCUT2D eigenvalue weighted by atomic mass is 35.5. The highest BCUT2D eigenvalue weighted by molar-refractivity contribution is 6.43. The summed E-state index contributed by atoms with van der Waals surface area (Å²) in [6, 6.07) is 12.2. The first-order valence-corrected chi connectivity index (χ1v) is 13.1. The molecule has 0 heterocycles. The Hall–Kier alpha value is -1.79. The first kappa shape index (κ1) is 27.8. The maximum absolute atomic E-state index is 11.6. The molecule has 192 valence electrons. The van der Waals surface area contributed by atoms with E-state index in [2.05, 4.69) is 43.4 Å². The number of esters is 1. The van der Waals surface area contributed by atoms with Gasteiger partial charge in [0.2, 0.25) is 0 Å². The van der Waals surface area contributed by atoms with Crippen molar-refractivity contribution in [3.05, 3.63) is 63.1 Å². The van der Waals surface area contributed by atoms with E-state index in [4.69, 9.17) is 32.7 Å². The quantitative estimate of drug-likeness (QED) is 0.346. The summed E-state index contributed by atoms with van der Waals surface area (Å²) in [6.45, 7) is 8.69. The molecule has 0 aliphatic heterocycles. The van der Waals surface area contributed by atoms with Gasteiger partial charge in [-0.25, -0.2) is 0 Å². The van der Waals surface area contributed by atoms with Crippen LogP contribution in [0.15, 0.2) is 36.4 Å². The molecule has 0 bridgehead atoms. The van der Waals surface area contributed by atoms with E-state index in [1.165, 1.54) is 11.1 Å². The SMILES string of the molecule is CCOC(=O)CCc1ccc(O[C@@H](C)[C@@H](O)CNC(C)(C)CC2Cc3ccccc3C2)c(Cl)c1Cl. The molecule has 2 aromatic carbocycles. The fourth-order valence-electron chi connectivity index (χ4n) is 4.74. The maximum Gasteiger partial charge on any atom is 0.306 e. The van der Waals surface area contributed by atoms with Crippen molar-refractivity contribution in [2.75, 3.05) is 13.2 Å². The van der Waals surface area contributed by atoms with Crippen LogP contribution >= 0.6 is 23.2 Å². The van der Waals surface area contributed by atoms with Gasteiger partial charge in [-0.15, -0.1) is 0 Å². The monoisotopic (exact) mass is 521 g/mol. The van der Waals surface area contributed by atoms with Gasteiger partial charge in [0, 0.05) is 18.5 Å². The summed E-state index contributed by atoms with van der Waals surface area (Å²) in [6.07, 6.45) is 2.69. The van der Waals surface area contributed by atoms with Gasteiger partial charge in [0.25, 0.3) is 0 Å². The van der Waals surface area contributed by atoms with E-state index in [9.17, 15) is 9.90 Å². The number of carbonyl (C=O) groups is 1. The number of aliphatic hydroxyl groups is 1. The molecule has 2 aromatic rings. The normalized spacial score (nSPS) is 15.5. The van der Waals surface area contributed by atoms with Crippen molar-refractivity contribution < 1.29 is 19.4 Å². The van der Waals surface area contributed by atoms with Gasteiger partial charge in [-0.3, -0.25) is 4.79 Å². The first-order chi connectivity index (χ1) is 16.6. The van der Waals surface area contributed by atoms with E-state index in [-0.39, 0.29) is 23.0 Å². The number of rotatable bonds is 12. The van der Waals surface area contributed by atoms with Crippen LogP contribution in [0.5, 0.6) is 5.75 Å². The Balaban J connectivity index is 1.49. The van der Waals surface area contributed by atoms with E-state index in [0.29, 0.717) is 36.3 Å². The lowest BCUT2D eigenvalue weighted by Crippen LogP contribution is -2.48. The summed E-state index contributed by atoms with van der Waals surface area (Å²) in [5.41, 5.74) is 3.55. The van der Waals surface area contributed by atoms with Crippen LogP contribution in [0, 0.1) is 5.92 Å². The van der Waals surface area contributed by atoms with Gasteiger partial charge < -0.3 is 19.9 Å². The number of nitrogens with one attached hydrogen (secondary N) is 1. The molecular formula is C28H37Cl2NO4. The highest BCUT2D eigenvalue weighted by Crippen LogP contribution is 2.36. The van der Waals surface area contributed by atoms with Gasteiger partial charge in [0.15, 0.2) is 0 Å². The average molecular weight is 523 g/mol. The number of β-amino-alcohol motifs (C(OH)–C–C–N with tert-alkyl or cyclic N) is 1. The van der Waals surface area contributed by atoms with Crippen molar-refractivity contribution in [1.82, 2.24) is 5.32 Å². The predicted octanol–water partition coefficient (Wildman–Crippen LogP) is 5.79. The number of aryl methyl sites for hydroxylation is 1. The van der Waals surface area contributed by atoms with Crippen LogP contribution in [0.1, 0.15) is 57.2 Å². The number of carbonyl (C=O) groups excluding carboxylic acids is 1. The Kier molecular flexibility index (Phi) is 9.88. The minimum absolute atomic E-state index is 0.116. The largest absolute Gasteiger partial charge is 0.486 e. The van der Waals surface area contributed by atoms with Crippen LogP contribution in [-0.2, 0) is 28.8 Å². The van der Waals surface area contributed by atoms with Crippen molar-refractivity contribution in [1.29, 1.82) is 0 Å². The van der Waals surface area contributed by atoms with Crippen LogP contribution in [0.25, 0.3) is 0 Å². The van der Waals surface area contributed by atoms with Crippen molar-refractivity contribution >= 4 is 29.2 Å². The number of benzene rings is 2. The molecule has 0 fully saturated rings. The van der Waals surface area contributed by atoms with Crippen LogP contribution in [0.3, 0.4) is 0 Å². The molecule has 0 saturated heterocycles. The van der Waals surface area contributed by atoms with Gasteiger partial charge in [-0.05, 0) is 82.1 Å². The van der Waals surface area contributed by atoms with E-state index in [1.54, 1.807) is 19.1 Å². The van der Waals surface area contributed by atoms with E-state index in [0.717, 1.165) is 24.8 Å². The molecule has 2 N–H and O–H groups in total. The standard InChI is InChI=1S/C28H37Cl2NO4/c1-5-34-25(33)13-11-20-10-12-24(27(30)26(20)29)35-18(2)23(32)17-31-28(3,4)16-19-14-21-8-6-7-9-22(21)15-19/h6-10,12,18-19,23,31-32H,5,11,13-17H2,1-4H3/t18-,23-/m0/s1. The summed E-state index contributed by atoms with van der Waals surface area (Å²) in [7, 11) is 0. The van der Waals surface area contributed by atoms with Gasteiger partial charge in [-0.1, -0.05) is 53.5 Å². The minimum Gasteiger partial charge on any atom is -0.486 e. The fourth-order valence-corrected chi connectivity index (χ4v) is 5.22. The number of aliphatic hydroxyl groups excluding tert-OH is 1. The molecule has 1 aliphatic rings. The van der Waals surface area contributed by atoms with E-state index >= 15 is 0 Å². The van der Waals surface area contributed by atoms with Crippen molar-refractivity contribution in [3.63, 3.8) is 0 Å². The third-order valence-corrected chi connectivity index (χ3v) is 7.51. The van der Waals surface area contributed by atoms with E-state index in [1.807, 2.05) is 6.92 Å². The molecule has 0 unspecified atom stereocenters. The predicted molar refractivity (Wildman–Crippen MR) is 142 cm³/mol. The second-order valence-corrected chi connectivity index (χ2v) is 10.8. The molecule has 0 amide bonds. The fraction of sp³-hybridized carbons (Fsp3) is 0.536. The van der Waals surface area contributed by atoms with Gasteiger partial charge >= 0.3 is 5.97 Å². The highest BCUT2D eigenvalue weighted by Gasteiger charge is 2.29. The Morgan fingerprint density at radius 3 is 2.43 bits per heavy atom. The van der Waals surface area contributed by atoms with E-state index < -0.39 is 12.2 Å². The molecule has 5 nitrogen and oxygen atoms in total. The Bertz CT molecular complexity index is 985. The third-order valence-electron chi connectivity index (χ3n) is 6.61. The average Bonchev–Trinajstić information content (AvgIpc) is 3.21. The summed E-state index contributed by atoms with van der Waals surface area (Å²) < 4.78 is 10.9. The number of fused-ring (bicyclic) bond motifs is 1. The lowest BCUT2D eigenvalue weighted by molar-refractivity contribution is -0.143.